The molecule has 0 unspecified atom stereocenters. The maximum absolute atomic E-state index is 9.62. The molecule has 3 aromatic carbocycles. The lowest BCUT2D eigenvalue weighted by atomic mass is 10.0. The maximum atomic E-state index is 9.62. The monoisotopic (exact) mass is 410 g/mol. The molecule has 0 saturated heterocycles. The Kier molecular flexibility index (Phi) is 4.98. The normalized spacial score (nSPS) is 11.3. The van der Waals surface area contributed by atoms with Gasteiger partial charge in [-0.25, -0.2) is 9.97 Å². The number of aromatic amines is 1. The van der Waals surface area contributed by atoms with Crippen LogP contribution in [-0.4, -0.2) is 33.2 Å². The Hall–Kier alpha value is -3.90. The first kappa shape index (κ1) is 19.1. The first-order chi connectivity index (χ1) is 15.2. The Bertz CT molecular complexity index is 1360. The summed E-state index contributed by atoms with van der Waals surface area (Å²) in [5, 5.41) is 10.7. The predicted octanol–water partition coefficient (Wildman–Crippen LogP) is 4.88. The number of para-hydroxylation sites is 1. The number of aromatic hydroxyl groups is 1. The summed E-state index contributed by atoms with van der Waals surface area (Å²) in [4.78, 5) is 13.0. The number of rotatable bonds is 6. The van der Waals surface area contributed by atoms with Crippen LogP contribution in [0.1, 0.15) is 6.42 Å². The van der Waals surface area contributed by atoms with Crippen molar-refractivity contribution >= 4 is 21.9 Å². The summed E-state index contributed by atoms with van der Waals surface area (Å²) in [7, 11) is 0. The topological polar surface area (TPSA) is 97.0 Å². The van der Waals surface area contributed by atoms with Crippen LogP contribution in [0.3, 0.4) is 0 Å². The summed E-state index contributed by atoms with van der Waals surface area (Å²) in [5.41, 5.74) is 10.9. The lowest BCUT2D eigenvalue weighted by Crippen LogP contribution is -2.05. The average molecular weight is 410 g/mol. The fourth-order valence-corrected chi connectivity index (χ4v) is 3.62. The molecule has 2 aromatic heterocycles. The number of nitrogens with zero attached hydrogens (tertiary/aromatic N) is 2. The van der Waals surface area contributed by atoms with Gasteiger partial charge in [0.15, 0.2) is 5.82 Å². The number of nitrogens with one attached hydrogen (secondary N) is 1. The van der Waals surface area contributed by atoms with Gasteiger partial charge < -0.3 is 20.6 Å². The molecule has 154 valence electrons. The first-order valence-electron chi connectivity index (χ1n) is 10.2. The maximum Gasteiger partial charge on any atom is 0.157 e. The molecule has 2 heterocycles. The summed E-state index contributed by atoms with van der Waals surface area (Å²) >= 11 is 0. The molecule has 0 aliphatic carbocycles. The third kappa shape index (κ3) is 3.81. The minimum atomic E-state index is 0.242. The highest BCUT2D eigenvalue weighted by Gasteiger charge is 2.11. The van der Waals surface area contributed by atoms with Gasteiger partial charge in [0, 0.05) is 17.0 Å². The van der Waals surface area contributed by atoms with Gasteiger partial charge in [-0.1, -0.05) is 36.4 Å². The third-order valence-corrected chi connectivity index (χ3v) is 5.21. The van der Waals surface area contributed by atoms with Gasteiger partial charge in [0.25, 0.3) is 0 Å². The number of nitrogens with two attached hydrogens (primary N) is 1. The number of pyridine rings is 1. The van der Waals surface area contributed by atoms with E-state index in [-0.39, 0.29) is 5.75 Å². The number of aromatic nitrogens is 3. The Morgan fingerprint density at radius 3 is 2.65 bits per heavy atom. The quantitative estimate of drug-likeness (QED) is 0.347. The highest BCUT2D eigenvalue weighted by Crippen LogP contribution is 2.31. The molecule has 0 saturated carbocycles. The Balaban J connectivity index is 1.54. The van der Waals surface area contributed by atoms with E-state index in [2.05, 4.69) is 11.1 Å². The number of fused-ring (bicyclic) bond motifs is 2. The molecule has 0 aliphatic rings. The van der Waals surface area contributed by atoms with Gasteiger partial charge in [0.1, 0.15) is 17.2 Å². The van der Waals surface area contributed by atoms with Crippen LogP contribution in [0.25, 0.3) is 44.6 Å². The molecule has 0 atom stereocenters. The molecule has 0 amide bonds. The van der Waals surface area contributed by atoms with Gasteiger partial charge in [-0.3, -0.25) is 0 Å². The highest BCUT2D eigenvalue weighted by atomic mass is 16.5. The van der Waals surface area contributed by atoms with Crippen molar-refractivity contribution in [2.45, 2.75) is 6.42 Å². The fraction of sp³-hybridized carbons (Fsp3) is 0.120. The fourth-order valence-electron chi connectivity index (χ4n) is 3.62. The summed E-state index contributed by atoms with van der Waals surface area (Å²) in [5.74, 6) is 1.72. The Morgan fingerprint density at radius 1 is 0.935 bits per heavy atom. The molecule has 0 spiro atoms. The van der Waals surface area contributed by atoms with E-state index in [1.807, 2.05) is 54.6 Å². The molecule has 0 bridgehead atoms. The molecule has 0 aliphatic heterocycles. The first-order valence-corrected chi connectivity index (χ1v) is 10.2. The number of phenols is 1. The van der Waals surface area contributed by atoms with E-state index in [1.165, 1.54) is 0 Å². The molecule has 5 aromatic rings. The van der Waals surface area contributed by atoms with Crippen molar-refractivity contribution in [1.29, 1.82) is 0 Å². The number of H-pyrrole nitrogens is 1. The minimum absolute atomic E-state index is 0.242. The van der Waals surface area contributed by atoms with Crippen LogP contribution in [0.5, 0.6) is 11.5 Å². The number of ether oxygens (including phenoxy) is 1. The molecular formula is C25H22N4O2. The van der Waals surface area contributed by atoms with Crippen molar-refractivity contribution in [1.82, 2.24) is 15.0 Å². The van der Waals surface area contributed by atoms with Crippen LogP contribution in [0.15, 0.2) is 72.8 Å². The summed E-state index contributed by atoms with van der Waals surface area (Å²) in [6.45, 7) is 1.19. The van der Waals surface area contributed by atoms with Gasteiger partial charge in [-0.05, 0) is 48.9 Å². The van der Waals surface area contributed by atoms with Crippen molar-refractivity contribution in [2.24, 2.45) is 5.73 Å². The summed E-state index contributed by atoms with van der Waals surface area (Å²) in [6, 6.07) is 23.1. The van der Waals surface area contributed by atoms with E-state index in [0.29, 0.717) is 19.0 Å². The van der Waals surface area contributed by atoms with E-state index in [0.717, 1.165) is 50.9 Å². The van der Waals surface area contributed by atoms with Crippen LogP contribution in [0.4, 0.5) is 0 Å². The SMILES string of the molecule is NCCCOc1ccc2[nH]c(-c3ccc4cccc(-c5ccc(O)cc5)c4n3)nc2c1. The smallest absolute Gasteiger partial charge is 0.157 e. The number of benzene rings is 3. The molecule has 0 fully saturated rings. The second-order valence-electron chi connectivity index (χ2n) is 7.38. The van der Waals surface area contributed by atoms with Crippen LogP contribution >= 0.6 is 0 Å². The summed E-state index contributed by atoms with van der Waals surface area (Å²) < 4.78 is 5.73. The molecule has 4 N–H and O–H groups in total. The van der Waals surface area contributed by atoms with Crippen molar-refractivity contribution < 1.29 is 9.84 Å². The number of hydrogen-bond donors (Lipinski definition) is 3. The van der Waals surface area contributed by atoms with Crippen LogP contribution in [-0.2, 0) is 0 Å². The number of imidazole rings is 1. The molecule has 0 radical (unpaired) electrons. The van der Waals surface area contributed by atoms with E-state index in [1.54, 1.807) is 12.1 Å². The highest BCUT2D eigenvalue weighted by molar-refractivity contribution is 5.95. The van der Waals surface area contributed by atoms with Gasteiger partial charge in [-0.2, -0.15) is 0 Å². The lowest BCUT2D eigenvalue weighted by molar-refractivity contribution is 0.314. The average Bonchev–Trinajstić information content (AvgIpc) is 3.23. The third-order valence-electron chi connectivity index (χ3n) is 5.21. The van der Waals surface area contributed by atoms with E-state index >= 15 is 0 Å². The zero-order chi connectivity index (χ0) is 21.2. The molecular weight excluding hydrogens is 388 g/mol. The Labute approximate surface area is 179 Å². The van der Waals surface area contributed by atoms with Crippen LogP contribution in [0, 0.1) is 0 Å². The number of hydrogen-bond acceptors (Lipinski definition) is 5. The van der Waals surface area contributed by atoms with Crippen LogP contribution < -0.4 is 10.5 Å². The predicted molar refractivity (Wildman–Crippen MR) is 123 cm³/mol. The zero-order valence-corrected chi connectivity index (χ0v) is 16.9. The molecule has 31 heavy (non-hydrogen) atoms. The van der Waals surface area contributed by atoms with E-state index < -0.39 is 0 Å². The van der Waals surface area contributed by atoms with Gasteiger partial charge in [-0.15, -0.1) is 0 Å². The number of phenolic OH excluding ortho intramolecular Hbond substituents is 1. The van der Waals surface area contributed by atoms with Crippen LogP contribution in [0.2, 0.25) is 0 Å². The van der Waals surface area contributed by atoms with Gasteiger partial charge >= 0.3 is 0 Å². The second kappa shape index (κ2) is 8.08. The van der Waals surface area contributed by atoms with E-state index in [4.69, 9.17) is 20.4 Å². The van der Waals surface area contributed by atoms with Crippen molar-refractivity contribution in [3.8, 4) is 34.1 Å². The molecule has 6 nitrogen and oxygen atoms in total. The summed E-state index contributed by atoms with van der Waals surface area (Å²) in [6.07, 6.45) is 0.814. The van der Waals surface area contributed by atoms with Crippen molar-refractivity contribution in [2.75, 3.05) is 13.2 Å². The van der Waals surface area contributed by atoms with E-state index in [9.17, 15) is 5.11 Å². The second-order valence-corrected chi connectivity index (χ2v) is 7.38. The largest absolute Gasteiger partial charge is 0.508 e. The Morgan fingerprint density at radius 2 is 1.81 bits per heavy atom. The van der Waals surface area contributed by atoms with Gasteiger partial charge in [0.05, 0.1) is 23.2 Å². The van der Waals surface area contributed by atoms with Crippen molar-refractivity contribution in [3.05, 3.63) is 72.8 Å². The zero-order valence-electron chi connectivity index (χ0n) is 16.9. The molecule has 6 heteroatoms. The van der Waals surface area contributed by atoms with Gasteiger partial charge in [0.2, 0.25) is 0 Å². The minimum Gasteiger partial charge on any atom is -0.508 e. The lowest BCUT2D eigenvalue weighted by Gasteiger charge is -2.08. The molecule has 5 rings (SSSR count). The van der Waals surface area contributed by atoms with Crippen molar-refractivity contribution in [3.63, 3.8) is 0 Å². The standard InChI is InChI=1S/C25H22N4O2/c26-13-2-14-31-19-10-12-21-23(15-19)29-25(28-21)22-11-7-17-3-1-4-20(24(17)27-22)16-5-8-18(30)9-6-16/h1,3-12,15,30H,2,13-14,26H2,(H,28,29).